The minimum Gasteiger partial charge on any atom is -0.497 e. The Balaban J connectivity index is 1.69. The lowest BCUT2D eigenvalue weighted by molar-refractivity contribution is -0.273. The number of hydrogen-bond donors (Lipinski definition) is 0. The number of Topliss-reactive ketones (excluding diaryl/α,β-unsaturated/α-hetero) is 2. The molecule has 9 heteroatoms. The van der Waals surface area contributed by atoms with Crippen LogP contribution < -0.4 is 9.47 Å². The van der Waals surface area contributed by atoms with E-state index in [1.165, 1.54) is 13.2 Å². The van der Waals surface area contributed by atoms with E-state index >= 15 is 0 Å². The quantitative estimate of drug-likeness (QED) is 0.480. The van der Waals surface area contributed by atoms with Crippen LogP contribution in [0.4, 0.5) is 17.6 Å². The molecule has 0 bridgehead atoms. The van der Waals surface area contributed by atoms with Gasteiger partial charge in [0.1, 0.15) is 11.5 Å². The lowest BCUT2D eigenvalue weighted by Crippen LogP contribution is -2.45. The van der Waals surface area contributed by atoms with Crippen molar-refractivity contribution in [3.8, 4) is 11.5 Å². The summed E-state index contributed by atoms with van der Waals surface area (Å²) in [5, 5.41) is -4.41. The van der Waals surface area contributed by atoms with Crippen molar-refractivity contribution in [2.75, 3.05) is 7.11 Å². The highest BCUT2D eigenvalue weighted by Gasteiger charge is 2.63. The fourth-order valence-electron chi connectivity index (χ4n) is 2.55. The molecule has 0 saturated heterocycles. The lowest BCUT2D eigenvalue weighted by atomic mass is 10.0. The van der Waals surface area contributed by atoms with Crippen LogP contribution in [0.2, 0.25) is 0 Å². The highest BCUT2D eigenvalue weighted by molar-refractivity contribution is 8.00. The average Bonchev–Trinajstić information content (AvgIpc) is 2.65. The van der Waals surface area contributed by atoms with E-state index in [0.29, 0.717) is 11.3 Å². The minimum absolute atomic E-state index is 0.00110. The molecule has 0 saturated carbocycles. The molecule has 2 aromatic carbocycles. The summed E-state index contributed by atoms with van der Waals surface area (Å²) in [6.45, 7) is 0. The smallest absolute Gasteiger partial charge is 0.475 e. The van der Waals surface area contributed by atoms with Gasteiger partial charge in [0, 0.05) is 24.0 Å². The first-order valence-electron chi connectivity index (χ1n) is 8.11. The van der Waals surface area contributed by atoms with Crippen molar-refractivity contribution in [3.63, 3.8) is 0 Å². The molecule has 0 unspecified atom stereocenters. The number of methoxy groups -OCH3 is 1. The van der Waals surface area contributed by atoms with Crippen molar-refractivity contribution in [1.82, 2.24) is 0 Å². The Bertz CT molecular complexity index is 930. The number of carbonyl (C=O) groups excluding carboxylic acids is 2. The first kappa shape index (κ1) is 20.2. The van der Waals surface area contributed by atoms with Gasteiger partial charge in [-0.25, -0.2) is 0 Å². The number of rotatable bonds is 6. The zero-order chi connectivity index (χ0) is 20.5. The molecule has 1 heterocycles. The fraction of sp³-hybridized carbons (Fsp3) is 0.263. The second-order valence-electron chi connectivity index (χ2n) is 5.98. The number of benzene rings is 2. The molecule has 0 amide bonds. The topological polar surface area (TPSA) is 52.6 Å². The molecule has 28 heavy (non-hydrogen) atoms. The molecule has 0 fully saturated rings. The zero-order valence-electron chi connectivity index (χ0n) is 14.5. The van der Waals surface area contributed by atoms with E-state index in [-0.39, 0.29) is 40.8 Å². The van der Waals surface area contributed by atoms with Crippen LogP contribution in [0.3, 0.4) is 0 Å². The molecule has 2 aromatic rings. The van der Waals surface area contributed by atoms with Gasteiger partial charge in [-0.3, -0.25) is 9.59 Å². The Hall–Kier alpha value is -2.55. The Labute approximate surface area is 161 Å². The summed E-state index contributed by atoms with van der Waals surface area (Å²) in [6, 6.07) is 9.80. The number of hydrogen-bond acceptors (Lipinski definition) is 5. The first-order chi connectivity index (χ1) is 13.1. The van der Waals surface area contributed by atoms with Crippen LogP contribution in [0.5, 0.6) is 11.5 Å². The van der Waals surface area contributed by atoms with E-state index in [9.17, 15) is 27.2 Å². The highest BCUT2D eigenvalue weighted by Crippen LogP contribution is 2.54. The summed E-state index contributed by atoms with van der Waals surface area (Å²) in [7, 11) is 1.46. The van der Waals surface area contributed by atoms with Crippen molar-refractivity contribution < 1.29 is 36.6 Å². The van der Waals surface area contributed by atoms with Gasteiger partial charge in [0.2, 0.25) is 0 Å². The number of ketones is 2. The molecule has 0 aromatic heterocycles. The molecule has 4 nitrogen and oxygen atoms in total. The average molecular weight is 414 g/mol. The summed E-state index contributed by atoms with van der Waals surface area (Å²) in [6.07, 6.45) is -4.96. The molecule has 0 aliphatic carbocycles. The first-order valence-corrected chi connectivity index (χ1v) is 8.93. The third kappa shape index (κ3) is 3.99. The number of alkyl halides is 4. The zero-order valence-corrected chi connectivity index (χ0v) is 15.3. The van der Waals surface area contributed by atoms with Gasteiger partial charge in [-0.05, 0) is 36.0 Å². The Morgan fingerprint density at radius 3 is 2.29 bits per heavy atom. The molecule has 3 rings (SSSR count). The van der Waals surface area contributed by atoms with Crippen molar-refractivity contribution >= 4 is 23.3 Å². The van der Waals surface area contributed by atoms with Crippen molar-refractivity contribution in [2.24, 2.45) is 0 Å². The van der Waals surface area contributed by atoms with E-state index in [1.54, 1.807) is 24.3 Å². The van der Waals surface area contributed by atoms with Crippen LogP contribution in [0, 0.1) is 0 Å². The van der Waals surface area contributed by atoms with Gasteiger partial charge in [-0.1, -0.05) is 18.2 Å². The maximum atomic E-state index is 13.4. The summed E-state index contributed by atoms with van der Waals surface area (Å²) < 4.78 is 62.5. The predicted molar refractivity (Wildman–Crippen MR) is 93.7 cm³/mol. The Morgan fingerprint density at radius 1 is 1.00 bits per heavy atom. The van der Waals surface area contributed by atoms with Crippen LogP contribution in [-0.4, -0.2) is 30.0 Å². The van der Waals surface area contributed by atoms with Crippen LogP contribution in [0.1, 0.15) is 33.6 Å². The van der Waals surface area contributed by atoms with Crippen molar-refractivity contribution in [3.05, 3.63) is 53.6 Å². The van der Waals surface area contributed by atoms with Gasteiger partial charge in [-0.15, -0.1) is 0 Å². The minimum atomic E-state index is -4.69. The monoisotopic (exact) mass is 414 g/mol. The lowest BCUT2D eigenvalue weighted by Gasteiger charge is -2.31. The van der Waals surface area contributed by atoms with E-state index in [2.05, 4.69) is 4.74 Å². The summed E-state index contributed by atoms with van der Waals surface area (Å²) in [4.78, 5) is 24.3. The van der Waals surface area contributed by atoms with Crippen LogP contribution in [0.25, 0.3) is 0 Å². The summed E-state index contributed by atoms with van der Waals surface area (Å²) >= 11 is -0.325. The van der Waals surface area contributed by atoms with Crippen LogP contribution in [-0.2, 0) is 0 Å². The number of halogens is 4. The van der Waals surface area contributed by atoms with Gasteiger partial charge < -0.3 is 9.47 Å². The Kier molecular flexibility index (Phi) is 5.38. The largest absolute Gasteiger partial charge is 0.497 e. The summed E-state index contributed by atoms with van der Waals surface area (Å²) in [5.74, 6) is -0.776. The van der Waals surface area contributed by atoms with Gasteiger partial charge in [0.15, 0.2) is 11.6 Å². The van der Waals surface area contributed by atoms with Crippen LogP contribution in [0.15, 0.2) is 47.4 Å². The van der Waals surface area contributed by atoms with E-state index in [4.69, 9.17) is 4.74 Å². The standard InChI is InChI=1S/C19H14F4O4S/c1-26-13-4-2-3-11(9-13)14(24)6-7-15(25)12-5-8-17-16(10-12)27-18(20,21)19(22,23)28-17/h2-5,8-10H,6-7H2,1H3. The van der Waals surface area contributed by atoms with Crippen molar-refractivity contribution in [1.29, 1.82) is 0 Å². The molecule has 0 radical (unpaired) electrons. The number of fused-ring (bicyclic) bond motifs is 1. The van der Waals surface area contributed by atoms with E-state index < -0.39 is 22.9 Å². The molecular formula is C19H14F4O4S. The highest BCUT2D eigenvalue weighted by atomic mass is 32.2. The van der Waals surface area contributed by atoms with Gasteiger partial charge in [0.05, 0.1) is 12.0 Å². The van der Waals surface area contributed by atoms with Crippen molar-refractivity contribution in [2.45, 2.75) is 29.1 Å². The SMILES string of the molecule is COc1cccc(C(=O)CCC(=O)c2ccc3c(c2)OC(F)(F)C(F)(F)S3)c1. The number of ether oxygens (including phenoxy) is 2. The predicted octanol–water partition coefficient (Wildman–Crippen LogP) is 5.21. The van der Waals surface area contributed by atoms with Gasteiger partial charge in [-0.2, -0.15) is 17.6 Å². The molecule has 0 N–H and O–H groups in total. The third-order valence-corrected chi connectivity index (χ3v) is 5.10. The van der Waals surface area contributed by atoms with E-state index in [0.717, 1.165) is 12.1 Å². The molecule has 0 atom stereocenters. The fourth-order valence-corrected chi connectivity index (χ4v) is 3.33. The second kappa shape index (κ2) is 7.46. The molecular weight excluding hydrogens is 400 g/mol. The van der Waals surface area contributed by atoms with Gasteiger partial charge >= 0.3 is 11.4 Å². The van der Waals surface area contributed by atoms with Gasteiger partial charge in [0.25, 0.3) is 0 Å². The molecule has 1 aliphatic heterocycles. The normalized spacial score (nSPS) is 16.6. The maximum Gasteiger partial charge on any atom is 0.475 e. The summed E-state index contributed by atoms with van der Waals surface area (Å²) in [5.41, 5.74) is 0.373. The van der Waals surface area contributed by atoms with E-state index in [1.807, 2.05) is 0 Å². The molecule has 0 spiro atoms. The third-order valence-electron chi connectivity index (χ3n) is 4.05. The number of thioether (sulfide) groups is 1. The Morgan fingerprint density at radius 2 is 1.64 bits per heavy atom. The van der Waals surface area contributed by atoms with Crippen LogP contribution >= 0.6 is 11.8 Å². The second-order valence-corrected chi connectivity index (χ2v) is 7.13. The number of carbonyl (C=O) groups is 2. The molecule has 148 valence electrons. The maximum absolute atomic E-state index is 13.4. The molecule has 1 aliphatic rings.